The first-order valence-corrected chi connectivity index (χ1v) is 5.61. The molecule has 0 saturated heterocycles. The second-order valence-electron chi connectivity index (χ2n) is 4.22. The minimum Gasteiger partial charge on any atom is -0.289 e. The molecule has 0 radical (unpaired) electrons. The summed E-state index contributed by atoms with van der Waals surface area (Å²) < 4.78 is 0. The zero-order chi connectivity index (χ0) is 12.3. The molecule has 3 nitrogen and oxygen atoms in total. The third-order valence-electron chi connectivity index (χ3n) is 2.56. The Hall–Kier alpha value is -2.03. The predicted octanol–water partition coefficient (Wildman–Crippen LogP) is 2.83. The average molecular weight is 226 g/mol. The van der Waals surface area contributed by atoms with Gasteiger partial charge in [-0.3, -0.25) is 4.79 Å². The van der Waals surface area contributed by atoms with Gasteiger partial charge in [-0.15, -0.1) is 0 Å². The lowest BCUT2D eigenvalue weighted by Crippen LogP contribution is -2.05. The number of nitrogens with zero attached hydrogens (tertiary/aromatic N) is 2. The third-order valence-corrected chi connectivity index (χ3v) is 2.56. The number of hydrogen-bond acceptors (Lipinski definition) is 3. The molecule has 0 bridgehead atoms. The molecule has 1 aromatic carbocycles. The summed E-state index contributed by atoms with van der Waals surface area (Å²) in [5.41, 5.74) is 2.11. The molecule has 0 aliphatic rings. The molecule has 3 heteroatoms. The first-order chi connectivity index (χ1) is 8.18. The Bertz CT molecular complexity index is 521. The van der Waals surface area contributed by atoms with Gasteiger partial charge in [0, 0.05) is 11.1 Å². The van der Waals surface area contributed by atoms with Gasteiger partial charge in [0.2, 0.25) is 0 Å². The normalized spacial score (nSPS) is 10.5. The Kier molecular flexibility index (Phi) is 3.28. The second-order valence-corrected chi connectivity index (χ2v) is 4.22. The van der Waals surface area contributed by atoms with Gasteiger partial charge in [-0.1, -0.05) is 44.2 Å². The van der Waals surface area contributed by atoms with E-state index in [1.165, 1.54) is 6.20 Å². The molecule has 0 amide bonds. The van der Waals surface area contributed by atoms with Gasteiger partial charge in [-0.25, -0.2) is 0 Å². The first-order valence-electron chi connectivity index (χ1n) is 5.61. The van der Waals surface area contributed by atoms with Crippen LogP contribution in [0.2, 0.25) is 0 Å². The van der Waals surface area contributed by atoms with Crippen LogP contribution in [-0.4, -0.2) is 16.0 Å². The summed E-state index contributed by atoms with van der Waals surface area (Å²) in [7, 11) is 0. The number of rotatable bonds is 3. The number of hydrogen-bond donors (Lipinski definition) is 0. The largest absolute Gasteiger partial charge is 0.289 e. The molecule has 0 aliphatic carbocycles. The van der Waals surface area contributed by atoms with E-state index in [-0.39, 0.29) is 11.7 Å². The maximum absolute atomic E-state index is 12.2. The van der Waals surface area contributed by atoms with E-state index in [9.17, 15) is 4.79 Å². The van der Waals surface area contributed by atoms with Gasteiger partial charge in [0.15, 0.2) is 5.78 Å². The Morgan fingerprint density at radius 2 is 1.82 bits per heavy atom. The lowest BCUT2D eigenvalue weighted by atomic mass is 10.0. The second kappa shape index (κ2) is 4.87. The Balaban J connectivity index is 2.35. The minimum atomic E-state index is -0.0117. The predicted molar refractivity (Wildman–Crippen MR) is 66.0 cm³/mol. The van der Waals surface area contributed by atoms with E-state index in [2.05, 4.69) is 10.2 Å². The minimum absolute atomic E-state index is 0.0117. The number of benzene rings is 1. The first kappa shape index (κ1) is 11.5. The number of aromatic nitrogens is 2. The van der Waals surface area contributed by atoms with Crippen LogP contribution in [0.3, 0.4) is 0 Å². The van der Waals surface area contributed by atoms with E-state index in [4.69, 9.17) is 0 Å². The van der Waals surface area contributed by atoms with Gasteiger partial charge >= 0.3 is 0 Å². The fourth-order valence-electron chi connectivity index (χ4n) is 1.55. The topological polar surface area (TPSA) is 42.9 Å². The van der Waals surface area contributed by atoms with Gasteiger partial charge in [0.1, 0.15) is 0 Å². The van der Waals surface area contributed by atoms with Gasteiger partial charge < -0.3 is 0 Å². The Labute approximate surface area is 101 Å². The molecule has 0 saturated carbocycles. The molecule has 0 aliphatic heterocycles. The fraction of sp³-hybridized carbons (Fsp3) is 0.214. The zero-order valence-electron chi connectivity index (χ0n) is 9.92. The lowest BCUT2D eigenvalue weighted by Gasteiger charge is -2.05. The molecular formula is C14H14N2O. The Morgan fingerprint density at radius 3 is 2.47 bits per heavy atom. The van der Waals surface area contributed by atoms with Crippen molar-refractivity contribution in [2.24, 2.45) is 0 Å². The molecule has 0 fully saturated rings. The van der Waals surface area contributed by atoms with Crippen molar-refractivity contribution in [3.63, 3.8) is 0 Å². The van der Waals surface area contributed by atoms with Gasteiger partial charge in [-0.05, 0) is 12.0 Å². The van der Waals surface area contributed by atoms with Crippen LogP contribution in [0.15, 0.2) is 42.6 Å². The number of ketones is 1. The molecule has 0 unspecified atom stereocenters. The van der Waals surface area contributed by atoms with Crippen LogP contribution >= 0.6 is 0 Å². The summed E-state index contributed by atoms with van der Waals surface area (Å²) in [6.07, 6.45) is 1.52. The average Bonchev–Trinajstić information content (AvgIpc) is 2.39. The highest BCUT2D eigenvalue weighted by Crippen LogP contribution is 2.14. The molecule has 2 aromatic rings. The van der Waals surface area contributed by atoms with Crippen LogP contribution in [-0.2, 0) is 0 Å². The summed E-state index contributed by atoms with van der Waals surface area (Å²) >= 11 is 0. The molecular weight excluding hydrogens is 212 g/mol. The molecule has 86 valence electrons. The smallest absolute Gasteiger partial charge is 0.194 e. The van der Waals surface area contributed by atoms with Crippen molar-refractivity contribution >= 4 is 5.78 Å². The number of carbonyl (C=O) groups excluding carboxylic acids is 1. The molecule has 17 heavy (non-hydrogen) atoms. The van der Waals surface area contributed by atoms with Crippen molar-refractivity contribution in [2.75, 3.05) is 0 Å². The van der Waals surface area contributed by atoms with E-state index in [1.807, 2.05) is 38.1 Å². The van der Waals surface area contributed by atoms with Crippen molar-refractivity contribution in [2.45, 2.75) is 19.8 Å². The van der Waals surface area contributed by atoms with Crippen molar-refractivity contribution in [1.29, 1.82) is 0 Å². The van der Waals surface area contributed by atoms with Gasteiger partial charge in [-0.2, -0.15) is 10.2 Å². The van der Waals surface area contributed by atoms with Crippen LogP contribution in [0.5, 0.6) is 0 Å². The van der Waals surface area contributed by atoms with Gasteiger partial charge in [0.05, 0.1) is 11.9 Å². The fourth-order valence-corrected chi connectivity index (χ4v) is 1.55. The van der Waals surface area contributed by atoms with Crippen molar-refractivity contribution in [3.8, 4) is 0 Å². The van der Waals surface area contributed by atoms with Crippen LogP contribution < -0.4 is 0 Å². The van der Waals surface area contributed by atoms with E-state index >= 15 is 0 Å². The summed E-state index contributed by atoms with van der Waals surface area (Å²) in [4.78, 5) is 12.2. The SMILES string of the molecule is CC(C)c1cc(C(=O)c2ccccc2)cnn1. The zero-order valence-corrected chi connectivity index (χ0v) is 9.92. The van der Waals surface area contributed by atoms with Gasteiger partial charge in [0.25, 0.3) is 0 Å². The highest BCUT2D eigenvalue weighted by molar-refractivity contribution is 6.08. The van der Waals surface area contributed by atoms with Crippen molar-refractivity contribution in [1.82, 2.24) is 10.2 Å². The Morgan fingerprint density at radius 1 is 1.12 bits per heavy atom. The van der Waals surface area contributed by atoms with E-state index in [0.717, 1.165) is 5.69 Å². The molecule has 1 aromatic heterocycles. The van der Waals surface area contributed by atoms with Crippen molar-refractivity contribution < 1.29 is 4.79 Å². The molecule has 0 atom stereocenters. The standard InChI is InChI=1S/C14H14N2O/c1-10(2)13-8-12(9-15-16-13)14(17)11-6-4-3-5-7-11/h3-10H,1-2H3. The quantitative estimate of drug-likeness (QED) is 0.756. The summed E-state index contributed by atoms with van der Waals surface area (Å²) in [6, 6.07) is 11.0. The third kappa shape index (κ3) is 2.56. The van der Waals surface area contributed by atoms with Crippen LogP contribution in [0.4, 0.5) is 0 Å². The molecule has 0 N–H and O–H groups in total. The molecule has 0 spiro atoms. The van der Waals surface area contributed by atoms with Crippen LogP contribution in [0.1, 0.15) is 41.4 Å². The monoisotopic (exact) mass is 226 g/mol. The number of carbonyl (C=O) groups is 1. The maximum atomic E-state index is 12.2. The summed E-state index contributed by atoms with van der Waals surface area (Å²) in [6.45, 7) is 4.06. The maximum Gasteiger partial charge on any atom is 0.194 e. The van der Waals surface area contributed by atoms with Crippen molar-refractivity contribution in [3.05, 3.63) is 59.4 Å². The molecule has 1 heterocycles. The summed E-state index contributed by atoms with van der Waals surface area (Å²) in [5, 5.41) is 7.89. The van der Waals surface area contributed by atoms with E-state index in [1.54, 1.807) is 12.1 Å². The van der Waals surface area contributed by atoms with Crippen LogP contribution in [0, 0.1) is 0 Å². The molecule has 2 rings (SSSR count). The summed E-state index contributed by atoms with van der Waals surface area (Å²) in [5.74, 6) is 0.258. The van der Waals surface area contributed by atoms with Crippen LogP contribution in [0.25, 0.3) is 0 Å². The highest BCUT2D eigenvalue weighted by atomic mass is 16.1. The highest BCUT2D eigenvalue weighted by Gasteiger charge is 2.11. The lowest BCUT2D eigenvalue weighted by molar-refractivity contribution is 0.103. The van der Waals surface area contributed by atoms with E-state index < -0.39 is 0 Å². The van der Waals surface area contributed by atoms with E-state index in [0.29, 0.717) is 11.1 Å².